The van der Waals surface area contributed by atoms with Crippen LogP contribution in [-0.4, -0.2) is 16.3 Å². The predicted molar refractivity (Wildman–Crippen MR) is 87.2 cm³/mol. The molecule has 2 rings (SSSR count). The summed E-state index contributed by atoms with van der Waals surface area (Å²) in [7, 11) is 1.88. The number of hydrogen-bond acceptors (Lipinski definition) is 2. The summed E-state index contributed by atoms with van der Waals surface area (Å²) in [6.45, 7) is 4.83. The summed E-state index contributed by atoms with van der Waals surface area (Å²) in [5.74, 6) is -0.400. The molecule has 6 heteroatoms. The van der Waals surface area contributed by atoms with Crippen LogP contribution in [0.5, 0.6) is 0 Å². The molecule has 1 N–H and O–H groups in total. The van der Waals surface area contributed by atoms with Crippen LogP contribution in [0.15, 0.2) is 22.8 Å². The van der Waals surface area contributed by atoms with Crippen molar-refractivity contribution in [2.24, 2.45) is 7.05 Å². The van der Waals surface area contributed by atoms with Crippen molar-refractivity contribution in [3.8, 4) is 0 Å². The van der Waals surface area contributed by atoms with E-state index in [2.05, 4.69) is 33.3 Å². The van der Waals surface area contributed by atoms with Gasteiger partial charge in [-0.05, 0) is 41.9 Å². The molecule has 0 radical (unpaired) electrons. The van der Waals surface area contributed by atoms with E-state index in [1.807, 2.05) is 14.0 Å². The number of nitrogens with zero attached hydrogens (tertiary/aromatic N) is 2. The lowest BCUT2D eigenvalue weighted by molar-refractivity contribution is 0.544. The molecule has 0 spiro atoms. The Morgan fingerprint density at radius 3 is 2.71 bits per heavy atom. The third kappa shape index (κ3) is 3.30. The molecule has 0 aliphatic heterocycles. The van der Waals surface area contributed by atoms with Crippen molar-refractivity contribution in [3.63, 3.8) is 0 Å². The van der Waals surface area contributed by atoms with Crippen LogP contribution in [0.4, 0.5) is 4.39 Å². The summed E-state index contributed by atoms with van der Waals surface area (Å²) < 4.78 is 16.9. The third-order valence-electron chi connectivity index (χ3n) is 3.56. The van der Waals surface area contributed by atoms with Crippen LogP contribution in [0.25, 0.3) is 0 Å². The van der Waals surface area contributed by atoms with Crippen molar-refractivity contribution in [3.05, 3.63) is 50.5 Å². The lowest BCUT2D eigenvalue weighted by atomic mass is 9.98. The molecule has 114 valence electrons. The second-order valence-electron chi connectivity index (χ2n) is 4.96. The summed E-state index contributed by atoms with van der Waals surface area (Å²) in [6.07, 6.45) is 2.74. The van der Waals surface area contributed by atoms with Gasteiger partial charge in [-0.2, -0.15) is 5.10 Å². The zero-order chi connectivity index (χ0) is 15.6. The Morgan fingerprint density at radius 1 is 1.43 bits per heavy atom. The van der Waals surface area contributed by atoms with Crippen molar-refractivity contribution in [1.82, 2.24) is 15.1 Å². The van der Waals surface area contributed by atoms with Gasteiger partial charge in [-0.25, -0.2) is 4.39 Å². The molecule has 0 aliphatic rings. The maximum atomic E-state index is 14.5. The highest BCUT2D eigenvalue weighted by molar-refractivity contribution is 9.10. The average Bonchev–Trinajstić information content (AvgIpc) is 2.79. The molecular weight excluding hydrogens is 357 g/mol. The molecule has 3 nitrogen and oxygen atoms in total. The molecule has 1 heterocycles. The summed E-state index contributed by atoms with van der Waals surface area (Å²) in [5, 5.41) is 7.74. The molecule has 0 fully saturated rings. The van der Waals surface area contributed by atoms with Gasteiger partial charge in [-0.1, -0.05) is 24.6 Å². The van der Waals surface area contributed by atoms with E-state index in [1.54, 1.807) is 23.0 Å². The van der Waals surface area contributed by atoms with Crippen molar-refractivity contribution in [1.29, 1.82) is 0 Å². The SMILES string of the molecule is CCCNC(c1ccc(Br)c(Cl)c1F)c1cnn(C)c1C. The predicted octanol–water partition coefficient (Wildman–Crippen LogP) is 4.37. The van der Waals surface area contributed by atoms with Crippen molar-refractivity contribution in [2.75, 3.05) is 6.54 Å². The van der Waals surface area contributed by atoms with E-state index in [9.17, 15) is 4.39 Å². The number of hydrogen-bond donors (Lipinski definition) is 1. The largest absolute Gasteiger partial charge is 0.306 e. The molecule has 21 heavy (non-hydrogen) atoms. The highest BCUT2D eigenvalue weighted by Crippen LogP contribution is 2.33. The first-order valence-electron chi connectivity index (χ1n) is 6.82. The number of aromatic nitrogens is 2. The van der Waals surface area contributed by atoms with Crippen molar-refractivity contribution < 1.29 is 4.39 Å². The molecule has 0 saturated carbocycles. The molecule has 2 aromatic rings. The minimum atomic E-state index is -0.400. The van der Waals surface area contributed by atoms with Gasteiger partial charge in [-0.3, -0.25) is 4.68 Å². The fourth-order valence-corrected chi connectivity index (χ4v) is 2.72. The second-order valence-corrected chi connectivity index (χ2v) is 6.19. The number of aryl methyl sites for hydroxylation is 1. The Balaban J connectivity index is 2.51. The molecule has 0 saturated heterocycles. The van der Waals surface area contributed by atoms with Crippen LogP contribution in [0, 0.1) is 12.7 Å². The van der Waals surface area contributed by atoms with Crippen molar-refractivity contribution >= 4 is 27.5 Å². The number of halogens is 3. The van der Waals surface area contributed by atoms with E-state index in [1.165, 1.54) is 0 Å². The van der Waals surface area contributed by atoms with Gasteiger partial charge in [0.2, 0.25) is 0 Å². The number of rotatable bonds is 5. The fraction of sp³-hybridized carbons (Fsp3) is 0.400. The minimum absolute atomic E-state index is 0.109. The molecular formula is C15H18BrClFN3. The smallest absolute Gasteiger partial charge is 0.148 e. The first kappa shape index (κ1) is 16.5. The zero-order valence-corrected chi connectivity index (χ0v) is 14.6. The first-order chi connectivity index (χ1) is 9.97. The van der Waals surface area contributed by atoms with E-state index < -0.39 is 5.82 Å². The molecule has 1 aromatic heterocycles. The quantitative estimate of drug-likeness (QED) is 0.788. The topological polar surface area (TPSA) is 29.9 Å². The molecule has 1 aromatic carbocycles. The average molecular weight is 375 g/mol. The van der Waals surface area contributed by atoms with Gasteiger partial charge in [0.05, 0.1) is 17.3 Å². The van der Waals surface area contributed by atoms with E-state index >= 15 is 0 Å². The Bertz CT molecular complexity index is 642. The summed E-state index contributed by atoms with van der Waals surface area (Å²) in [5.41, 5.74) is 2.50. The van der Waals surface area contributed by atoms with Crippen LogP contribution in [0.1, 0.15) is 36.2 Å². The zero-order valence-electron chi connectivity index (χ0n) is 12.3. The van der Waals surface area contributed by atoms with Gasteiger partial charge >= 0.3 is 0 Å². The first-order valence-corrected chi connectivity index (χ1v) is 7.99. The standard InChI is InChI=1S/C15H18BrClFN3/c1-4-7-19-15(11-8-20-21(3)9(11)2)10-5-6-12(16)13(17)14(10)18/h5-6,8,15,19H,4,7H2,1-3H3. The summed E-state index contributed by atoms with van der Waals surface area (Å²) >= 11 is 9.27. The lowest BCUT2D eigenvalue weighted by Crippen LogP contribution is -2.24. The molecule has 0 amide bonds. The lowest BCUT2D eigenvalue weighted by Gasteiger charge is -2.20. The fourth-order valence-electron chi connectivity index (χ4n) is 2.24. The number of benzene rings is 1. The Labute approximate surface area is 137 Å². The molecule has 1 unspecified atom stereocenters. The third-order valence-corrected chi connectivity index (χ3v) is 4.82. The second kappa shape index (κ2) is 6.90. The highest BCUT2D eigenvalue weighted by atomic mass is 79.9. The highest BCUT2D eigenvalue weighted by Gasteiger charge is 2.23. The minimum Gasteiger partial charge on any atom is -0.306 e. The monoisotopic (exact) mass is 373 g/mol. The van der Waals surface area contributed by atoms with Gasteiger partial charge in [0.15, 0.2) is 0 Å². The Hall–Kier alpha value is -0.910. The van der Waals surface area contributed by atoms with Gasteiger partial charge in [0.25, 0.3) is 0 Å². The van der Waals surface area contributed by atoms with Gasteiger partial charge < -0.3 is 5.32 Å². The van der Waals surface area contributed by atoms with Gasteiger partial charge in [-0.15, -0.1) is 0 Å². The molecule has 0 bridgehead atoms. The van der Waals surface area contributed by atoms with Crippen LogP contribution in [0.2, 0.25) is 5.02 Å². The van der Waals surface area contributed by atoms with E-state index in [-0.39, 0.29) is 11.1 Å². The van der Waals surface area contributed by atoms with E-state index in [0.717, 1.165) is 24.2 Å². The number of nitrogens with one attached hydrogen (secondary N) is 1. The van der Waals surface area contributed by atoms with E-state index in [0.29, 0.717) is 10.0 Å². The van der Waals surface area contributed by atoms with E-state index in [4.69, 9.17) is 11.6 Å². The maximum absolute atomic E-state index is 14.5. The van der Waals surface area contributed by atoms with Crippen LogP contribution < -0.4 is 5.32 Å². The van der Waals surface area contributed by atoms with Gasteiger partial charge in [0.1, 0.15) is 5.82 Å². The molecule has 1 atom stereocenters. The van der Waals surface area contributed by atoms with Crippen LogP contribution >= 0.6 is 27.5 Å². The van der Waals surface area contributed by atoms with Crippen molar-refractivity contribution in [2.45, 2.75) is 26.3 Å². The Morgan fingerprint density at radius 2 is 2.14 bits per heavy atom. The Kier molecular flexibility index (Phi) is 5.41. The van der Waals surface area contributed by atoms with Gasteiger partial charge in [0, 0.05) is 28.3 Å². The van der Waals surface area contributed by atoms with Crippen LogP contribution in [-0.2, 0) is 7.05 Å². The summed E-state index contributed by atoms with van der Waals surface area (Å²) in [4.78, 5) is 0. The van der Waals surface area contributed by atoms with Crippen LogP contribution in [0.3, 0.4) is 0 Å². The maximum Gasteiger partial charge on any atom is 0.148 e. The molecule has 0 aliphatic carbocycles. The normalized spacial score (nSPS) is 12.7. The summed E-state index contributed by atoms with van der Waals surface area (Å²) in [6, 6.07) is 3.27.